The summed E-state index contributed by atoms with van der Waals surface area (Å²) in [6, 6.07) is 0. The van der Waals surface area contributed by atoms with Crippen molar-refractivity contribution in [3.8, 4) is 12.3 Å². The Kier molecular flexibility index (Phi) is 2.35. The molecule has 0 aliphatic carbocycles. The van der Waals surface area contributed by atoms with Gasteiger partial charge in [0.15, 0.2) is 0 Å². The highest BCUT2D eigenvalue weighted by molar-refractivity contribution is 7.08. The number of rotatable bonds is 2. The van der Waals surface area contributed by atoms with Crippen LogP contribution in [0.4, 0.5) is 5.69 Å². The lowest BCUT2D eigenvalue weighted by Crippen LogP contribution is -1.97. The van der Waals surface area contributed by atoms with Gasteiger partial charge >= 0.3 is 0 Å². The summed E-state index contributed by atoms with van der Waals surface area (Å²) in [6.07, 6.45) is 5.09. The van der Waals surface area contributed by atoms with Crippen molar-refractivity contribution in [2.24, 2.45) is 0 Å². The zero-order chi connectivity index (χ0) is 7.40. The monoisotopic (exact) mass is 151 g/mol. The number of nitrogens with one attached hydrogen (secondary N) is 1. The molecule has 0 aliphatic heterocycles. The average Bonchev–Trinajstić information content (AvgIpc) is 2.31. The molecule has 0 spiro atoms. The third-order valence-electron chi connectivity index (χ3n) is 1.24. The zero-order valence-corrected chi connectivity index (χ0v) is 6.66. The fraction of sp³-hybridized carbons (Fsp3) is 0.250. The van der Waals surface area contributed by atoms with Crippen molar-refractivity contribution < 1.29 is 0 Å². The molecule has 1 aromatic rings. The molecule has 0 saturated heterocycles. The Balaban J connectivity index is 2.59. The summed E-state index contributed by atoms with van der Waals surface area (Å²) in [5.74, 6) is 2.53. The molecule has 1 rings (SSSR count). The lowest BCUT2D eigenvalue weighted by Gasteiger charge is -1.98. The van der Waals surface area contributed by atoms with Gasteiger partial charge in [0, 0.05) is 11.1 Å². The number of hydrogen-bond acceptors (Lipinski definition) is 2. The summed E-state index contributed by atoms with van der Waals surface area (Å²) in [6.45, 7) is 2.67. The van der Waals surface area contributed by atoms with E-state index in [4.69, 9.17) is 6.42 Å². The highest BCUT2D eigenvalue weighted by atomic mass is 32.1. The molecule has 0 aromatic carbocycles. The summed E-state index contributed by atoms with van der Waals surface area (Å²) in [4.78, 5) is 0. The highest BCUT2D eigenvalue weighted by Gasteiger charge is 1.94. The predicted molar refractivity (Wildman–Crippen MR) is 46.4 cm³/mol. The molecular formula is C8H9NS. The van der Waals surface area contributed by atoms with E-state index in [2.05, 4.69) is 28.9 Å². The molecular weight excluding hydrogens is 142 g/mol. The number of anilines is 1. The van der Waals surface area contributed by atoms with Crippen LogP contribution in [0.1, 0.15) is 5.56 Å². The Morgan fingerprint density at radius 1 is 1.70 bits per heavy atom. The number of aryl methyl sites for hydroxylation is 1. The van der Waals surface area contributed by atoms with Crippen LogP contribution in [0.25, 0.3) is 0 Å². The first-order chi connectivity index (χ1) is 4.84. The Bertz CT molecular complexity index is 244. The molecule has 1 nitrogen and oxygen atoms in total. The first-order valence-corrected chi connectivity index (χ1v) is 3.99. The maximum atomic E-state index is 5.09. The lowest BCUT2D eigenvalue weighted by atomic mass is 10.3. The Morgan fingerprint density at radius 2 is 2.50 bits per heavy atom. The van der Waals surface area contributed by atoms with Crippen molar-refractivity contribution in [3.05, 3.63) is 16.3 Å². The average molecular weight is 151 g/mol. The van der Waals surface area contributed by atoms with E-state index >= 15 is 0 Å². The van der Waals surface area contributed by atoms with Crippen LogP contribution in [0.3, 0.4) is 0 Å². The summed E-state index contributed by atoms with van der Waals surface area (Å²) in [5.41, 5.74) is 2.42. The van der Waals surface area contributed by atoms with Crippen LogP contribution in [0.2, 0.25) is 0 Å². The minimum atomic E-state index is 0.609. The van der Waals surface area contributed by atoms with Crippen molar-refractivity contribution in [2.45, 2.75) is 6.92 Å². The molecule has 0 atom stereocenters. The molecule has 10 heavy (non-hydrogen) atoms. The van der Waals surface area contributed by atoms with Crippen LogP contribution < -0.4 is 5.32 Å². The molecule has 0 bridgehead atoms. The van der Waals surface area contributed by atoms with Gasteiger partial charge in [-0.05, 0) is 17.9 Å². The Morgan fingerprint density at radius 3 is 3.00 bits per heavy atom. The van der Waals surface area contributed by atoms with E-state index in [1.807, 2.05) is 0 Å². The van der Waals surface area contributed by atoms with Gasteiger partial charge in [-0.3, -0.25) is 0 Å². The van der Waals surface area contributed by atoms with Gasteiger partial charge < -0.3 is 5.32 Å². The second kappa shape index (κ2) is 3.28. The highest BCUT2D eigenvalue weighted by Crippen LogP contribution is 2.18. The summed E-state index contributed by atoms with van der Waals surface area (Å²) in [7, 11) is 0. The van der Waals surface area contributed by atoms with Gasteiger partial charge in [-0.25, -0.2) is 0 Å². The lowest BCUT2D eigenvalue weighted by molar-refractivity contribution is 1.36. The third kappa shape index (κ3) is 1.52. The van der Waals surface area contributed by atoms with Gasteiger partial charge in [-0.15, -0.1) is 17.8 Å². The van der Waals surface area contributed by atoms with Crippen molar-refractivity contribution in [3.63, 3.8) is 0 Å². The first kappa shape index (κ1) is 7.17. The van der Waals surface area contributed by atoms with Gasteiger partial charge in [0.25, 0.3) is 0 Å². The van der Waals surface area contributed by atoms with E-state index in [1.54, 1.807) is 11.3 Å². The fourth-order valence-corrected chi connectivity index (χ4v) is 1.49. The van der Waals surface area contributed by atoms with E-state index in [0.717, 1.165) is 5.69 Å². The van der Waals surface area contributed by atoms with Gasteiger partial charge in [-0.1, -0.05) is 5.92 Å². The minimum absolute atomic E-state index is 0.609. The van der Waals surface area contributed by atoms with Crippen molar-refractivity contribution in [1.82, 2.24) is 0 Å². The standard InChI is InChI=1S/C8H9NS/c1-3-4-9-8-6-10-5-7(8)2/h1,5-6,9H,4H2,2H3. The van der Waals surface area contributed by atoms with Crippen molar-refractivity contribution in [2.75, 3.05) is 11.9 Å². The second-order valence-electron chi connectivity index (χ2n) is 2.03. The van der Waals surface area contributed by atoms with E-state index in [9.17, 15) is 0 Å². The number of terminal acetylenes is 1. The molecule has 1 N–H and O–H groups in total. The third-order valence-corrected chi connectivity index (χ3v) is 2.10. The normalized spacial score (nSPS) is 8.80. The smallest absolute Gasteiger partial charge is 0.0763 e. The minimum Gasteiger partial charge on any atom is -0.373 e. The van der Waals surface area contributed by atoms with E-state index in [1.165, 1.54) is 5.56 Å². The van der Waals surface area contributed by atoms with Crippen LogP contribution in [-0.4, -0.2) is 6.54 Å². The van der Waals surface area contributed by atoms with Crippen LogP contribution in [-0.2, 0) is 0 Å². The fourth-order valence-electron chi connectivity index (χ4n) is 0.688. The van der Waals surface area contributed by atoms with E-state index in [0.29, 0.717) is 6.54 Å². The van der Waals surface area contributed by atoms with Crippen molar-refractivity contribution in [1.29, 1.82) is 0 Å². The first-order valence-electron chi connectivity index (χ1n) is 3.04. The Labute approximate surface area is 65.1 Å². The SMILES string of the molecule is C#CCNc1cscc1C. The molecule has 0 amide bonds. The van der Waals surface area contributed by atoms with Crippen LogP contribution in [0.15, 0.2) is 10.8 Å². The largest absolute Gasteiger partial charge is 0.373 e. The molecule has 52 valence electrons. The predicted octanol–water partition coefficient (Wildman–Crippen LogP) is 2.10. The summed E-state index contributed by atoms with van der Waals surface area (Å²) >= 11 is 1.69. The molecule has 1 aromatic heterocycles. The van der Waals surface area contributed by atoms with E-state index in [-0.39, 0.29) is 0 Å². The molecule has 0 saturated carbocycles. The maximum Gasteiger partial charge on any atom is 0.0763 e. The zero-order valence-electron chi connectivity index (χ0n) is 5.85. The summed E-state index contributed by atoms with van der Waals surface area (Å²) in [5, 5.41) is 7.28. The van der Waals surface area contributed by atoms with Gasteiger partial charge in [0.2, 0.25) is 0 Å². The van der Waals surface area contributed by atoms with Crippen molar-refractivity contribution >= 4 is 17.0 Å². The van der Waals surface area contributed by atoms with E-state index < -0.39 is 0 Å². The van der Waals surface area contributed by atoms with Crippen LogP contribution in [0, 0.1) is 19.3 Å². The molecule has 0 unspecified atom stereocenters. The molecule has 1 heterocycles. The van der Waals surface area contributed by atoms with Crippen LogP contribution in [0.5, 0.6) is 0 Å². The molecule has 2 heteroatoms. The molecule has 0 fully saturated rings. The van der Waals surface area contributed by atoms with Gasteiger partial charge in [0.05, 0.1) is 6.54 Å². The second-order valence-corrected chi connectivity index (χ2v) is 2.77. The summed E-state index contributed by atoms with van der Waals surface area (Å²) < 4.78 is 0. The molecule has 0 radical (unpaired) electrons. The van der Waals surface area contributed by atoms with Gasteiger partial charge in [-0.2, -0.15) is 0 Å². The maximum absolute atomic E-state index is 5.09. The quantitative estimate of drug-likeness (QED) is 0.638. The van der Waals surface area contributed by atoms with Gasteiger partial charge in [0.1, 0.15) is 0 Å². The molecule has 0 aliphatic rings. The van der Waals surface area contributed by atoms with Crippen LogP contribution >= 0.6 is 11.3 Å². The number of hydrogen-bond donors (Lipinski definition) is 1. The Hall–Kier alpha value is -0.940. The number of thiophene rings is 1. The topological polar surface area (TPSA) is 12.0 Å².